The molecule has 7 nitrogen and oxygen atoms in total. The van der Waals surface area contributed by atoms with Crippen LogP contribution >= 0.6 is 0 Å². The van der Waals surface area contributed by atoms with E-state index in [4.69, 9.17) is 4.98 Å². The molecule has 0 saturated carbocycles. The summed E-state index contributed by atoms with van der Waals surface area (Å²) in [5.41, 5.74) is 1.95. The van der Waals surface area contributed by atoms with E-state index < -0.39 is 5.79 Å². The van der Waals surface area contributed by atoms with Gasteiger partial charge in [0.25, 0.3) is 0 Å². The largest absolute Gasteiger partial charge is 0.360 e. The molecule has 0 aromatic carbocycles. The summed E-state index contributed by atoms with van der Waals surface area (Å²) in [4.78, 5) is 4.70. The lowest BCUT2D eigenvalue weighted by Crippen LogP contribution is -2.40. The fourth-order valence-electron chi connectivity index (χ4n) is 2.97. The molecule has 1 aliphatic rings. The standard InChI is InChI=1S/C16H19N5O2/c22-16(23)10-20-6-4-18(12-20)8-14-2-1-3-15(17-14)9-19-5-7-21(11-16)13-19/h1-7,12-13,22-23H,8-11H2/q+2. The zero-order valence-electron chi connectivity index (χ0n) is 12.7. The highest BCUT2D eigenvalue weighted by Gasteiger charge is 2.30. The molecule has 0 amide bonds. The van der Waals surface area contributed by atoms with Gasteiger partial charge in [0.1, 0.15) is 51.0 Å². The number of hydrogen-bond donors (Lipinski definition) is 2. The Morgan fingerprint density at radius 1 is 0.913 bits per heavy atom. The van der Waals surface area contributed by atoms with Gasteiger partial charge >= 0.3 is 0 Å². The Morgan fingerprint density at radius 2 is 1.43 bits per heavy atom. The highest BCUT2D eigenvalue weighted by molar-refractivity contribution is 5.09. The molecule has 4 rings (SSSR count). The van der Waals surface area contributed by atoms with Crippen molar-refractivity contribution in [2.75, 3.05) is 0 Å². The van der Waals surface area contributed by atoms with Gasteiger partial charge in [0.15, 0.2) is 0 Å². The molecule has 3 aromatic rings. The molecule has 6 bridgehead atoms. The highest BCUT2D eigenvalue weighted by Crippen LogP contribution is 2.08. The number of imidazole rings is 2. The zero-order valence-corrected chi connectivity index (χ0v) is 12.7. The van der Waals surface area contributed by atoms with Crippen molar-refractivity contribution in [3.05, 3.63) is 67.0 Å². The monoisotopic (exact) mass is 313 g/mol. The first-order valence-corrected chi connectivity index (χ1v) is 7.55. The number of rotatable bonds is 0. The van der Waals surface area contributed by atoms with Crippen LogP contribution < -0.4 is 9.13 Å². The minimum Gasteiger partial charge on any atom is -0.360 e. The van der Waals surface area contributed by atoms with Crippen LogP contribution in [0.4, 0.5) is 0 Å². The molecule has 7 heteroatoms. The number of nitrogens with zero attached hydrogens (tertiary/aromatic N) is 5. The lowest BCUT2D eigenvalue weighted by Gasteiger charge is -2.17. The number of fused-ring (bicyclic) bond motifs is 6. The van der Waals surface area contributed by atoms with Gasteiger partial charge in [-0.3, -0.25) is 0 Å². The second-order valence-electron chi connectivity index (χ2n) is 6.12. The lowest BCUT2D eigenvalue weighted by molar-refractivity contribution is -0.690. The summed E-state index contributed by atoms with van der Waals surface area (Å²) in [6.07, 6.45) is 11.2. The summed E-state index contributed by atoms with van der Waals surface area (Å²) in [5, 5.41) is 20.5. The van der Waals surface area contributed by atoms with Crippen LogP contribution in [0.2, 0.25) is 0 Å². The molecule has 0 atom stereocenters. The van der Waals surface area contributed by atoms with Crippen LogP contribution in [0, 0.1) is 0 Å². The van der Waals surface area contributed by atoms with Gasteiger partial charge in [-0.05, 0) is 12.1 Å². The van der Waals surface area contributed by atoms with Crippen molar-refractivity contribution in [1.29, 1.82) is 0 Å². The lowest BCUT2D eigenvalue weighted by atomic mass is 10.2. The highest BCUT2D eigenvalue weighted by atomic mass is 16.5. The van der Waals surface area contributed by atoms with E-state index in [0.29, 0.717) is 13.1 Å². The summed E-state index contributed by atoms with van der Waals surface area (Å²) in [5.74, 6) is -1.82. The molecule has 3 aromatic heterocycles. The molecular formula is C16H19N5O2+2. The molecule has 2 N–H and O–H groups in total. The Kier molecular flexibility index (Phi) is 3.24. The van der Waals surface area contributed by atoms with Crippen LogP contribution in [0.3, 0.4) is 0 Å². The van der Waals surface area contributed by atoms with E-state index >= 15 is 0 Å². The quantitative estimate of drug-likeness (QED) is 0.415. The molecule has 0 saturated heterocycles. The molecule has 4 heterocycles. The van der Waals surface area contributed by atoms with E-state index in [2.05, 4.69) is 0 Å². The van der Waals surface area contributed by atoms with E-state index in [1.54, 1.807) is 9.13 Å². The third kappa shape index (κ3) is 3.15. The Hall–Kier alpha value is -2.51. The molecule has 0 aliphatic carbocycles. The van der Waals surface area contributed by atoms with E-state index in [-0.39, 0.29) is 13.1 Å². The minimum absolute atomic E-state index is 0.103. The smallest absolute Gasteiger partial charge is 0.244 e. The third-order valence-corrected chi connectivity index (χ3v) is 3.92. The fraction of sp³-hybridized carbons (Fsp3) is 0.312. The average molecular weight is 313 g/mol. The van der Waals surface area contributed by atoms with Crippen molar-refractivity contribution in [1.82, 2.24) is 14.1 Å². The maximum atomic E-state index is 10.3. The molecule has 0 unspecified atom stereocenters. The Balaban J connectivity index is 1.75. The van der Waals surface area contributed by atoms with Crippen molar-refractivity contribution in [2.45, 2.75) is 32.0 Å². The SMILES string of the molecule is OC1(O)Cn2cc[n+](c2)Cc2cccc(n2)C[n+]2ccn(c2)C1. The van der Waals surface area contributed by atoms with Gasteiger partial charge < -0.3 is 10.2 Å². The van der Waals surface area contributed by atoms with Crippen molar-refractivity contribution in [3.63, 3.8) is 0 Å². The van der Waals surface area contributed by atoms with Crippen molar-refractivity contribution < 1.29 is 19.3 Å². The van der Waals surface area contributed by atoms with Crippen LogP contribution in [0.1, 0.15) is 11.4 Å². The van der Waals surface area contributed by atoms with E-state index in [0.717, 1.165) is 11.4 Å². The van der Waals surface area contributed by atoms with Gasteiger partial charge in [0.2, 0.25) is 18.4 Å². The molecule has 0 fully saturated rings. The summed E-state index contributed by atoms with van der Waals surface area (Å²) in [6, 6.07) is 6.01. The third-order valence-electron chi connectivity index (χ3n) is 3.92. The van der Waals surface area contributed by atoms with Crippen LogP contribution in [0.15, 0.2) is 55.6 Å². The molecule has 1 aliphatic heterocycles. The van der Waals surface area contributed by atoms with Crippen LogP contribution in [0.25, 0.3) is 0 Å². The maximum Gasteiger partial charge on any atom is 0.244 e. The number of aliphatic hydroxyl groups is 2. The van der Waals surface area contributed by atoms with Crippen molar-refractivity contribution >= 4 is 0 Å². The van der Waals surface area contributed by atoms with Gasteiger partial charge in [-0.15, -0.1) is 0 Å². The first-order valence-electron chi connectivity index (χ1n) is 7.55. The van der Waals surface area contributed by atoms with E-state index in [1.165, 1.54) is 0 Å². The normalized spacial score (nSPS) is 16.8. The first-order chi connectivity index (χ1) is 11.1. The van der Waals surface area contributed by atoms with Crippen LogP contribution in [-0.2, 0) is 26.2 Å². The Bertz CT molecular complexity index is 773. The predicted molar refractivity (Wildman–Crippen MR) is 78.9 cm³/mol. The zero-order chi connectivity index (χ0) is 15.9. The molecule has 0 spiro atoms. The fourth-order valence-corrected chi connectivity index (χ4v) is 2.97. The second-order valence-corrected chi connectivity index (χ2v) is 6.12. The van der Waals surface area contributed by atoms with Gasteiger partial charge in [0, 0.05) is 0 Å². The number of aromatic nitrogens is 5. The van der Waals surface area contributed by atoms with Crippen molar-refractivity contribution in [2.24, 2.45) is 0 Å². The molecule has 118 valence electrons. The Morgan fingerprint density at radius 3 is 1.96 bits per heavy atom. The summed E-state index contributed by atoms with van der Waals surface area (Å²) in [6.45, 7) is 1.50. The summed E-state index contributed by atoms with van der Waals surface area (Å²) >= 11 is 0. The van der Waals surface area contributed by atoms with Crippen LogP contribution in [-0.4, -0.2) is 30.1 Å². The topological polar surface area (TPSA) is 71.0 Å². The van der Waals surface area contributed by atoms with E-state index in [9.17, 15) is 10.2 Å². The first kappa shape index (κ1) is 14.1. The summed E-state index contributed by atoms with van der Waals surface area (Å²) in [7, 11) is 0. The minimum atomic E-state index is -1.82. The molecule has 23 heavy (non-hydrogen) atoms. The second kappa shape index (κ2) is 5.29. The van der Waals surface area contributed by atoms with E-state index in [1.807, 2.05) is 64.8 Å². The number of hydrogen-bond acceptors (Lipinski definition) is 3. The van der Waals surface area contributed by atoms with Gasteiger partial charge in [-0.2, -0.15) is 0 Å². The number of pyridine rings is 1. The maximum absolute atomic E-state index is 10.3. The van der Waals surface area contributed by atoms with Gasteiger partial charge in [0.05, 0.1) is 11.4 Å². The molecular weight excluding hydrogens is 294 g/mol. The van der Waals surface area contributed by atoms with Crippen molar-refractivity contribution in [3.8, 4) is 0 Å². The predicted octanol–water partition coefficient (Wildman–Crippen LogP) is -0.949. The van der Waals surface area contributed by atoms with Crippen LogP contribution in [0.5, 0.6) is 0 Å². The van der Waals surface area contributed by atoms with Gasteiger partial charge in [-0.1, -0.05) is 6.07 Å². The average Bonchev–Trinajstić information content (AvgIpc) is 3.07. The summed E-state index contributed by atoms with van der Waals surface area (Å²) < 4.78 is 7.50. The van der Waals surface area contributed by atoms with Gasteiger partial charge in [-0.25, -0.2) is 23.3 Å². The molecule has 0 radical (unpaired) electrons. The Labute approximate surface area is 133 Å².